The second-order valence-electron chi connectivity index (χ2n) is 9.00. The first-order chi connectivity index (χ1) is 13.2. The Labute approximate surface area is 166 Å². The predicted octanol–water partition coefficient (Wildman–Crippen LogP) is 4.31. The third-order valence-electron chi connectivity index (χ3n) is 6.99. The van der Waals surface area contributed by atoms with Crippen molar-refractivity contribution in [1.29, 1.82) is 0 Å². The molecule has 1 aromatic carbocycles. The van der Waals surface area contributed by atoms with Gasteiger partial charge in [0.1, 0.15) is 0 Å². The molecule has 0 amide bonds. The van der Waals surface area contributed by atoms with Gasteiger partial charge in [-0.2, -0.15) is 0 Å². The minimum Gasteiger partial charge on any atom is -0.481 e. The number of aryl methyl sites for hydroxylation is 1. The Morgan fingerprint density at radius 1 is 1.18 bits per heavy atom. The summed E-state index contributed by atoms with van der Waals surface area (Å²) in [5.74, 6) is -0.936. The van der Waals surface area contributed by atoms with Crippen LogP contribution in [-0.2, 0) is 26.2 Å². The fourth-order valence-electron chi connectivity index (χ4n) is 5.54. The summed E-state index contributed by atoms with van der Waals surface area (Å²) in [6.45, 7) is 6.46. The van der Waals surface area contributed by atoms with Crippen molar-refractivity contribution in [2.24, 2.45) is 11.3 Å². The summed E-state index contributed by atoms with van der Waals surface area (Å²) in [7, 11) is 0. The van der Waals surface area contributed by atoms with Crippen molar-refractivity contribution in [1.82, 2.24) is 0 Å². The lowest BCUT2D eigenvalue weighted by molar-refractivity contribution is -0.153. The van der Waals surface area contributed by atoms with Gasteiger partial charge in [-0.3, -0.25) is 14.4 Å². The summed E-state index contributed by atoms with van der Waals surface area (Å²) >= 11 is 0. The molecule has 5 heteroatoms. The number of benzene rings is 1. The summed E-state index contributed by atoms with van der Waals surface area (Å²) in [5, 5.41) is 8.74. The van der Waals surface area contributed by atoms with Crippen LogP contribution in [0.5, 0.6) is 0 Å². The minimum absolute atomic E-state index is 0.00335. The Bertz CT molecular complexity index is 798. The molecule has 152 valence electrons. The van der Waals surface area contributed by atoms with Gasteiger partial charge in [-0.15, -0.1) is 0 Å². The number of hydrogen-bond donors (Lipinski definition) is 1. The molecule has 2 aliphatic carbocycles. The molecular weight excluding hydrogens is 356 g/mol. The highest BCUT2D eigenvalue weighted by Gasteiger charge is 2.52. The molecule has 3 rings (SSSR count). The van der Waals surface area contributed by atoms with Crippen LogP contribution in [0.15, 0.2) is 18.2 Å². The lowest BCUT2D eigenvalue weighted by atomic mass is 9.50. The Balaban J connectivity index is 1.79. The van der Waals surface area contributed by atoms with Crippen LogP contribution in [0.2, 0.25) is 0 Å². The number of carboxylic acids is 1. The SMILES string of the molecule is CC(=O)c1ccc2c(c1)CCC1C(C)(COC(=O)CCC(=O)O)CCCC21C. The first kappa shape index (κ1) is 20.6. The molecule has 28 heavy (non-hydrogen) atoms. The number of carboxylic acid groups (broad SMARTS) is 1. The molecule has 1 N–H and O–H groups in total. The number of carbonyl (C=O) groups is 3. The van der Waals surface area contributed by atoms with Crippen LogP contribution in [0.25, 0.3) is 0 Å². The maximum atomic E-state index is 12.0. The van der Waals surface area contributed by atoms with E-state index in [1.807, 2.05) is 6.07 Å². The highest BCUT2D eigenvalue weighted by atomic mass is 16.5. The summed E-state index contributed by atoms with van der Waals surface area (Å²) in [5.41, 5.74) is 3.25. The number of rotatable bonds is 6. The molecule has 5 nitrogen and oxygen atoms in total. The smallest absolute Gasteiger partial charge is 0.306 e. The fourth-order valence-corrected chi connectivity index (χ4v) is 5.54. The zero-order valence-electron chi connectivity index (χ0n) is 17.0. The van der Waals surface area contributed by atoms with Crippen LogP contribution >= 0.6 is 0 Å². The van der Waals surface area contributed by atoms with Gasteiger partial charge in [0, 0.05) is 11.0 Å². The van der Waals surface area contributed by atoms with Crippen LogP contribution in [0.1, 0.15) is 80.8 Å². The zero-order valence-corrected chi connectivity index (χ0v) is 17.0. The number of carbonyl (C=O) groups excluding carboxylic acids is 2. The van der Waals surface area contributed by atoms with E-state index in [0.717, 1.165) is 37.7 Å². The molecule has 0 aromatic heterocycles. The summed E-state index contributed by atoms with van der Waals surface area (Å²) in [6.07, 6.45) is 4.82. The topological polar surface area (TPSA) is 80.7 Å². The number of aliphatic carboxylic acids is 1. The third kappa shape index (κ3) is 3.85. The monoisotopic (exact) mass is 386 g/mol. The predicted molar refractivity (Wildman–Crippen MR) is 105 cm³/mol. The van der Waals surface area contributed by atoms with E-state index < -0.39 is 11.9 Å². The van der Waals surface area contributed by atoms with Gasteiger partial charge in [-0.05, 0) is 61.1 Å². The Morgan fingerprint density at radius 2 is 1.93 bits per heavy atom. The van der Waals surface area contributed by atoms with Gasteiger partial charge < -0.3 is 9.84 Å². The quantitative estimate of drug-likeness (QED) is 0.582. The molecule has 2 aliphatic rings. The lowest BCUT2D eigenvalue weighted by Crippen LogP contribution is -2.51. The molecular formula is C23H30O5. The van der Waals surface area contributed by atoms with Gasteiger partial charge in [-0.1, -0.05) is 32.4 Å². The Morgan fingerprint density at radius 3 is 2.61 bits per heavy atom. The maximum absolute atomic E-state index is 12.0. The van der Waals surface area contributed by atoms with Crippen LogP contribution < -0.4 is 0 Å². The molecule has 0 heterocycles. The van der Waals surface area contributed by atoms with Gasteiger partial charge in [0.15, 0.2) is 5.78 Å². The molecule has 3 unspecified atom stereocenters. The van der Waals surface area contributed by atoms with Crippen LogP contribution in [0, 0.1) is 11.3 Å². The molecule has 0 aliphatic heterocycles. The van der Waals surface area contributed by atoms with Crippen molar-refractivity contribution < 1.29 is 24.2 Å². The summed E-state index contributed by atoms with van der Waals surface area (Å²) < 4.78 is 5.52. The molecule has 1 saturated carbocycles. The van der Waals surface area contributed by atoms with E-state index in [9.17, 15) is 14.4 Å². The molecule has 0 bridgehead atoms. The molecule has 1 fully saturated rings. The van der Waals surface area contributed by atoms with Gasteiger partial charge in [0.05, 0.1) is 19.4 Å². The summed E-state index contributed by atoms with van der Waals surface area (Å²) in [4.78, 5) is 34.4. The normalized spacial score (nSPS) is 28.8. The van der Waals surface area contributed by atoms with Crippen molar-refractivity contribution in [2.75, 3.05) is 6.61 Å². The maximum Gasteiger partial charge on any atom is 0.306 e. The largest absolute Gasteiger partial charge is 0.481 e. The van der Waals surface area contributed by atoms with E-state index in [1.54, 1.807) is 6.92 Å². The van der Waals surface area contributed by atoms with Gasteiger partial charge in [-0.25, -0.2) is 0 Å². The highest BCUT2D eigenvalue weighted by Crippen LogP contribution is 2.57. The molecule has 3 atom stereocenters. The second-order valence-corrected chi connectivity index (χ2v) is 9.00. The fraction of sp³-hybridized carbons (Fsp3) is 0.609. The number of fused-ring (bicyclic) bond motifs is 3. The standard InChI is InChI=1S/C23H30O5/c1-15(24)16-5-7-18-17(13-16)6-8-19-22(2,11-4-12-23(18,19)3)14-28-21(27)10-9-20(25)26/h5,7,13,19H,4,6,8-12,14H2,1-3H3,(H,25,26). The van der Waals surface area contributed by atoms with Crippen molar-refractivity contribution in [3.8, 4) is 0 Å². The number of hydrogen-bond acceptors (Lipinski definition) is 4. The first-order valence-corrected chi connectivity index (χ1v) is 10.2. The van der Waals surface area contributed by atoms with Crippen LogP contribution in [-0.4, -0.2) is 29.4 Å². The number of ether oxygens (including phenoxy) is 1. The molecule has 0 spiro atoms. The molecule has 0 radical (unpaired) electrons. The van der Waals surface area contributed by atoms with E-state index >= 15 is 0 Å². The average molecular weight is 386 g/mol. The number of Topliss-reactive ketones (excluding diaryl/α,β-unsaturated/α-hetero) is 1. The zero-order chi connectivity index (χ0) is 20.5. The third-order valence-corrected chi connectivity index (χ3v) is 6.99. The lowest BCUT2D eigenvalue weighted by Gasteiger charge is -2.55. The number of esters is 1. The van der Waals surface area contributed by atoms with Gasteiger partial charge >= 0.3 is 11.9 Å². The van der Waals surface area contributed by atoms with E-state index in [-0.39, 0.29) is 29.5 Å². The molecule has 0 saturated heterocycles. The Kier molecular flexibility index (Phi) is 5.64. The van der Waals surface area contributed by atoms with E-state index in [1.165, 1.54) is 11.1 Å². The average Bonchev–Trinajstić information content (AvgIpc) is 2.64. The number of ketones is 1. The van der Waals surface area contributed by atoms with E-state index in [2.05, 4.69) is 26.0 Å². The van der Waals surface area contributed by atoms with Gasteiger partial charge in [0.2, 0.25) is 0 Å². The summed E-state index contributed by atoms with van der Waals surface area (Å²) in [6, 6.07) is 6.12. The molecule has 1 aromatic rings. The second kappa shape index (κ2) is 7.69. The van der Waals surface area contributed by atoms with Gasteiger partial charge in [0.25, 0.3) is 0 Å². The Hall–Kier alpha value is -2.17. The van der Waals surface area contributed by atoms with Crippen LogP contribution in [0.4, 0.5) is 0 Å². The van der Waals surface area contributed by atoms with E-state index in [0.29, 0.717) is 12.5 Å². The van der Waals surface area contributed by atoms with Crippen molar-refractivity contribution in [3.63, 3.8) is 0 Å². The minimum atomic E-state index is -0.984. The highest BCUT2D eigenvalue weighted by molar-refractivity contribution is 5.94. The first-order valence-electron chi connectivity index (χ1n) is 10.2. The van der Waals surface area contributed by atoms with Crippen LogP contribution in [0.3, 0.4) is 0 Å². The van der Waals surface area contributed by atoms with Crippen molar-refractivity contribution in [3.05, 3.63) is 34.9 Å². The van der Waals surface area contributed by atoms with E-state index in [4.69, 9.17) is 9.84 Å². The van der Waals surface area contributed by atoms with Crippen molar-refractivity contribution in [2.45, 2.75) is 71.1 Å². The van der Waals surface area contributed by atoms with Crippen molar-refractivity contribution >= 4 is 17.7 Å².